The summed E-state index contributed by atoms with van der Waals surface area (Å²) in [6, 6.07) is 5.38. The third-order valence-electron chi connectivity index (χ3n) is 4.68. The lowest BCUT2D eigenvalue weighted by Crippen LogP contribution is -2.40. The number of benzene rings is 1. The number of nitrogens with one attached hydrogen (secondary N) is 2. The zero-order chi connectivity index (χ0) is 23.1. The molecule has 0 aliphatic heterocycles. The van der Waals surface area contributed by atoms with Crippen molar-refractivity contribution in [2.45, 2.75) is 25.8 Å². The van der Waals surface area contributed by atoms with Gasteiger partial charge in [-0.05, 0) is 31.2 Å². The van der Waals surface area contributed by atoms with Crippen LogP contribution in [0.5, 0.6) is 5.75 Å². The fourth-order valence-corrected chi connectivity index (χ4v) is 3.04. The van der Waals surface area contributed by atoms with Crippen LogP contribution in [0, 0.1) is 6.92 Å². The van der Waals surface area contributed by atoms with Crippen molar-refractivity contribution < 1.29 is 23.1 Å². The standard InChI is InChI=1S/C21H21F2N3O5/c1-10-8-9-13(31-10)19(21(2,22)23)25-15-14(17(28)18(15)29)24-12-7-5-6-11(16(12)27)20(30)26(3)4/h5-9,19,24-25,27H,1-4H3/t19-/m0/s1. The van der Waals surface area contributed by atoms with E-state index in [1.807, 2.05) is 0 Å². The van der Waals surface area contributed by atoms with Gasteiger partial charge < -0.3 is 25.1 Å². The zero-order valence-corrected chi connectivity index (χ0v) is 17.2. The Morgan fingerprint density at radius 2 is 1.77 bits per heavy atom. The second-order valence-electron chi connectivity index (χ2n) is 7.42. The maximum Gasteiger partial charge on any atom is 0.272 e. The van der Waals surface area contributed by atoms with Gasteiger partial charge in [-0.25, -0.2) is 8.78 Å². The zero-order valence-electron chi connectivity index (χ0n) is 17.2. The molecule has 0 spiro atoms. The van der Waals surface area contributed by atoms with E-state index in [4.69, 9.17) is 4.42 Å². The lowest BCUT2D eigenvalue weighted by atomic mass is 10.1. The first-order chi connectivity index (χ1) is 14.4. The Morgan fingerprint density at radius 1 is 1.13 bits per heavy atom. The Bertz CT molecular complexity index is 1200. The van der Waals surface area contributed by atoms with Crippen molar-refractivity contribution in [3.8, 4) is 5.75 Å². The Hall–Kier alpha value is -3.69. The van der Waals surface area contributed by atoms with Gasteiger partial charge in [0.05, 0.1) is 11.3 Å². The summed E-state index contributed by atoms with van der Waals surface area (Å²) in [7, 11) is 3.00. The molecule has 1 atom stereocenters. The molecule has 3 rings (SSSR count). The van der Waals surface area contributed by atoms with Crippen LogP contribution in [0.3, 0.4) is 0 Å². The van der Waals surface area contributed by atoms with Crippen molar-refractivity contribution in [3.63, 3.8) is 0 Å². The number of halogens is 2. The van der Waals surface area contributed by atoms with Gasteiger partial charge in [-0.2, -0.15) is 0 Å². The van der Waals surface area contributed by atoms with Gasteiger partial charge in [-0.1, -0.05) is 6.07 Å². The molecule has 0 saturated heterocycles. The molecule has 8 nitrogen and oxygen atoms in total. The van der Waals surface area contributed by atoms with Crippen LogP contribution in [0.1, 0.15) is 34.8 Å². The predicted molar refractivity (Wildman–Crippen MR) is 111 cm³/mol. The molecular weight excluding hydrogens is 412 g/mol. The van der Waals surface area contributed by atoms with Gasteiger partial charge in [0.1, 0.15) is 28.9 Å². The first kappa shape index (κ1) is 22.0. The number of para-hydroxylation sites is 1. The summed E-state index contributed by atoms with van der Waals surface area (Å²) in [5.41, 5.74) is -2.66. The van der Waals surface area contributed by atoms with Crippen LogP contribution in [0.15, 0.2) is 44.3 Å². The van der Waals surface area contributed by atoms with E-state index >= 15 is 0 Å². The van der Waals surface area contributed by atoms with Crippen molar-refractivity contribution >= 4 is 23.0 Å². The van der Waals surface area contributed by atoms with Crippen LogP contribution in [0.2, 0.25) is 0 Å². The van der Waals surface area contributed by atoms with Crippen LogP contribution in [-0.4, -0.2) is 35.9 Å². The minimum atomic E-state index is -3.33. The van der Waals surface area contributed by atoms with Gasteiger partial charge in [-0.3, -0.25) is 14.4 Å². The number of alkyl halides is 2. The summed E-state index contributed by atoms with van der Waals surface area (Å²) >= 11 is 0. The maximum absolute atomic E-state index is 14.2. The molecule has 0 aliphatic rings. The minimum absolute atomic E-state index is 0.0310. The van der Waals surface area contributed by atoms with E-state index in [0.717, 1.165) is 0 Å². The molecule has 0 bridgehead atoms. The number of hydrogen-bond acceptors (Lipinski definition) is 7. The van der Waals surface area contributed by atoms with Crippen LogP contribution in [0.25, 0.3) is 0 Å². The Labute approximate surface area is 175 Å². The Kier molecular flexibility index (Phi) is 5.58. The lowest BCUT2D eigenvalue weighted by Gasteiger charge is -2.26. The lowest BCUT2D eigenvalue weighted by molar-refractivity contribution is -0.00541. The van der Waals surface area contributed by atoms with Crippen molar-refractivity contribution in [2.75, 3.05) is 24.7 Å². The quantitative estimate of drug-likeness (QED) is 0.388. The number of phenols is 1. The number of phenolic OH excluding ortho intramolecular Hbond substituents is 1. The van der Waals surface area contributed by atoms with Crippen LogP contribution < -0.4 is 21.5 Å². The summed E-state index contributed by atoms with van der Waals surface area (Å²) in [4.78, 5) is 37.6. The highest BCUT2D eigenvalue weighted by Gasteiger charge is 2.40. The van der Waals surface area contributed by atoms with Crippen molar-refractivity contribution in [2.24, 2.45) is 0 Å². The molecule has 3 N–H and O–H groups in total. The molecule has 3 aromatic rings. The molecular formula is C21H21F2N3O5. The highest BCUT2D eigenvalue weighted by atomic mass is 19.3. The largest absolute Gasteiger partial charge is 0.505 e. The van der Waals surface area contributed by atoms with Crippen LogP contribution in [0.4, 0.5) is 25.8 Å². The highest BCUT2D eigenvalue weighted by Crippen LogP contribution is 2.37. The number of aryl methyl sites for hydroxylation is 1. The van der Waals surface area contributed by atoms with E-state index in [0.29, 0.717) is 12.7 Å². The first-order valence-corrected chi connectivity index (χ1v) is 9.26. The molecule has 0 radical (unpaired) electrons. The number of nitrogens with zero attached hydrogens (tertiary/aromatic N) is 1. The Balaban J connectivity index is 1.96. The molecule has 31 heavy (non-hydrogen) atoms. The van der Waals surface area contributed by atoms with E-state index in [1.165, 1.54) is 49.3 Å². The van der Waals surface area contributed by atoms with Crippen LogP contribution >= 0.6 is 0 Å². The second kappa shape index (κ2) is 7.86. The van der Waals surface area contributed by atoms with E-state index < -0.39 is 34.5 Å². The SMILES string of the molecule is Cc1ccc([C@H](Nc2c(Nc3cccc(C(=O)N(C)C)c3O)c(=O)c2=O)C(C)(F)F)o1. The van der Waals surface area contributed by atoms with Gasteiger partial charge in [0.25, 0.3) is 22.7 Å². The normalized spacial score (nSPS) is 12.6. The number of carbonyl (C=O) groups is 1. The fourth-order valence-electron chi connectivity index (χ4n) is 3.04. The first-order valence-electron chi connectivity index (χ1n) is 9.26. The molecule has 0 fully saturated rings. The van der Waals surface area contributed by atoms with Crippen molar-refractivity contribution in [1.82, 2.24) is 4.90 Å². The molecule has 1 heterocycles. The number of anilines is 3. The topological polar surface area (TPSA) is 112 Å². The smallest absolute Gasteiger partial charge is 0.272 e. The van der Waals surface area contributed by atoms with E-state index in [-0.39, 0.29) is 28.4 Å². The monoisotopic (exact) mass is 433 g/mol. The van der Waals surface area contributed by atoms with Gasteiger partial charge in [0.2, 0.25) is 0 Å². The van der Waals surface area contributed by atoms with Crippen LogP contribution in [-0.2, 0) is 0 Å². The van der Waals surface area contributed by atoms with Gasteiger partial charge in [0.15, 0.2) is 5.75 Å². The number of carbonyl (C=O) groups excluding carboxylic acids is 1. The summed E-state index contributed by atoms with van der Waals surface area (Å²) in [6.07, 6.45) is 0. The molecule has 164 valence electrons. The number of amides is 1. The number of hydrogen-bond donors (Lipinski definition) is 3. The third kappa shape index (κ3) is 4.14. The molecule has 0 aliphatic carbocycles. The predicted octanol–water partition coefficient (Wildman–Crippen LogP) is 3.14. The summed E-state index contributed by atoms with van der Waals surface area (Å²) in [6.45, 7) is 2.24. The van der Waals surface area contributed by atoms with Gasteiger partial charge in [-0.15, -0.1) is 0 Å². The van der Waals surface area contributed by atoms with Crippen molar-refractivity contribution in [1.29, 1.82) is 0 Å². The molecule has 1 amide bonds. The average molecular weight is 433 g/mol. The maximum atomic E-state index is 14.2. The molecule has 2 aromatic carbocycles. The highest BCUT2D eigenvalue weighted by molar-refractivity contribution is 5.99. The summed E-state index contributed by atoms with van der Waals surface area (Å²) in [5.74, 6) is -3.96. The molecule has 0 saturated carbocycles. The van der Waals surface area contributed by atoms with E-state index in [9.17, 15) is 28.3 Å². The molecule has 1 aromatic heterocycles. The number of aromatic hydroxyl groups is 1. The van der Waals surface area contributed by atoms with E-state index in [1.54, 1.807) is 6.92 Å². The Morgan fingerprint density at radius 3 is 2.32 bits per heavy atom. The summed E-state index contributed by atoms with van der Waals surface area (Å²) in [5, 5.41) is 15.4. The molecule has 10 heteroatoms. The number of furan rings is 1. The average Bonchev–Trinajstić information content (AvgIpc) is 3.12. The van der Waals surface area contributed by atoms with E-state index in [2.05, 4.69) is 10.6 Å². The molecule has 0 unspecified atom stereocenters. The third-order valence-corrected chi connectivity index (χ3v) is 4.68. The van der Waals surface area contributed by atoms with Crippen molar-refractivity contribution in [3.05, 3.63) is 67.9 Å². The van der Waals surface area contributed by atoms with Gasteiger partial charge >= 0.3 is 0 Å². The summed E-state index contributed by atoms with van der Waals surface area (Å²) < 4.78 is 33.7. The second-order valence-corrected chi connectivity index (χ2v) is 7.42. The van der Waals surface area contributed by atoms with Gasteiger partial charge in [0, 0.05) is 21.0 Å². The number of rotatable bonds is 7. The fraction of sp³-hybridized carbons (Fsp3) is 0.286. The minimum Gasteiger partial charge on any atom is -0.505 e.